The van der Waals surface area contributed by atoms with Crippen molar-refractivity contribution in [2.75, 3.05) is 25.0 Å². The third-order valence-corrected chi connectivity index (χ3v) is 4.61. The molecular weight excluding hydrogens is 294 g/mol. The van der Waals surface area contributed by atoms with Gasteiger partial charge in [0, 0.05) is 41.4 Å². The van der Waals surface area contributed by atoms with Gasteiger partial charge >= 0.3 is 0 Å². The van der Waals surface area contributed by atoms with Gasteiger partial charge in [-0.25, -0.2) is 0 Å². The first-order chi connectivity index (χ1) is 10.6. The summed E-state index contributed by atoms with van der Waals surface area (Å²) in [6.07, 6.45) is 4.54. The highest BCUT2D eigenvalue weighted by molar-refractivity contribution is 6.31. The number of fused-ring (bicyclic) bond motifs is 1. The number of aromatic nitrogens is 1. The molecule has 2 atom stereocenters. The summed E-state index contributed by atoms with van der Waals surface area (Å²) in [6, 6.07) is 8.34. The Labute approximate surface area is 137 Å². The van der Waals surface area contributed by atoms with Crippen LogP contribution in [0.2, 0.25) is 5.02 Å². The maximum Gasteiger partial charge on any atom is 0.0737 e. The molecule has 0 aliphatic carbocycles. The molecule has 1 aromatic carbocycles. The van der Waals surface area contributed by atoms with E-state index in [9.17, 15) is 0 Å². The first kappa shape index (κ1) is 15.6. The highest BCUT2D eigenvalue weighted by Gasteiger charge is 2.18. The second-order valence-electron chi connectivity index (χ2n) is 6.57. The average Bonchev–Trinajstić information content (AvgIpc) is 2.47. The maximum absolute atomic E-state index is 6.05. The number of benzene rings is 1. The maximum atomic E-state index is 6.05. The van der Waals surface area contributed by atoms with Gasteiger partial charge < -0.3 is 10.2 Å². The molecule has 1 aliphatic rings. The predicted octanol–water partition coefficient (Wildman–Crippen LogP) is 4.42. The molecule has 0 radical (unpaired) electrons. The Kier molecular flexibility index (Phi) is 4.84. The molecule has 2 heterocycles. The molecule has 3 rings (SSSR count). The number of anilines is 1. The largest absolute Gasteiger partial charge is 0.381 e. The van der Waals surface area contributed by atoms with Gasteiger partial charge in [-0.05, 0) is 56.5 Å². The van der Waals surface area contributed by atoms with Gasteiger partial charge in [0.2, 0.25) is 0 Å². The highest BCUT2D eigenvalue weighted by atomic mass is 35.5. The molecule has 3 nitrogen and oxygen atoms in total. The number of nitrogens with zero attached hydrogens (tertiary/aromatic N) is 2. The van der Waals surface area contributed by atoms with Gasteiger partial charge in [-0.2, -0.15) is 0 Å². The molecule has 0 bridgehead atoms. The number of halogens is 1. The normalized spacial score (nSPS) is 21.0. The first-order valence-corrected chi connectivity index (χ1v) is 8.53. The number of piperidine rings is 1. The van der Waals surface area contributed by atoms with Crippen molar-refractivity contribution in [2.24, 2.45) is 5.92 Å². The Balaban J connectivity index is 1.70. The van der Waals surface area contributed by atoms with E-state index in [0.717, 1.165) is 34.1 Å². The van der Waals surface area contributed by atoms with Crippen LogP contribution < -0.4 is 5.32 Å². The molecular formula is C18H24ClN3. The monoisotopic (exact) mass is 317 g/mol. The van der Waals surface area contributed by atoms with Gasteiger partial charge in [0.05, 0.1) is 5.52 Å². The lowest BCUT2D eigenvalue weighted by Gasteiger charge is -2.33. The number of hydrogen-bond acceptors (Lipinski definition) is 3. The molecule has 0 amide bonds. The zero-order valence-corrected chi connectivity index (χ0v) is 14.1. The molecule has 0 saturated carbocycles. The summed E-state index contributed by atoms with van der Waals surface area (Å²) in [5, 5.41) is 5.50. The SMILES string of the molecule is CC1CCCN(C[C@H](C)Nc2ccnc3cc(Cl)ccc23)C1. The van der Waals surface area contributed by atoms with E-state index in [-0.39, 0.29) is 0 Å². The zero-order chi connectivity index (χ0) is 15.5. The summed E-state index contributed by atoms with van der Waals surface area (Å²) in [5.41, 5.74) is 2.08. The summed E-state index contributed by atoms with van der Waals surface area (Å²) >= 11 is 6.05. The molecule has 1 saturated heterocycles. The minimum absolute atomic E-state index is 0.409. The number of likely N-dealkylation sites (tertiary alicyclic amines) is 1. The molecule has 0 spiro atoms. The van der Waals surface area contributed by atoms with Crippen molar-refractivity contribution in [3.8, 4) is 0 Å². The second-order valence-corrected chi connectivity index (χ2v) is 7.01. The van der Waals surface area contributed by atoms with Crippen LogP contribution in [0.5, 0.6) is 0 Å². The van der Waals surface area contributed by atoms with E-state index < -0.39 is 0 Å². The summed E-state index contributed by atoms with van der Waals surface area (Å²) in [6.45, 7) is 8.13. The van der Waals surface area contributed by atoms with Gasteiger partial charge in [0.15, 0.2) is 0 Å². The predicted molar refractivity (Wildman–Crippen MR) is 94.7 cm³/mol. The van der Waals surface area contributed by atoms with E-state index in [1.54, 1.807) is 0 Å². The van der Waals surface area contributed by atoms with Crippen LogP contribution in [-0.4, -0.2) is 35.6 Å². The van der Waals surface area contributed by atoms with Gasteiger partial charge in [0.1, 0.15) is 0 Å². The van der Waals surface area contributed by atoms with E-state index in [2.05, 4.69) is 29.0 Å². The topological polar surface area (TPSA) is 28.2 Å². The average molecular weight is 318 g/mol. The summed E-state index contributed by atoms with van der Waals surface area (Å²) in [4.78, 5) is 6.98. The van der Waals surface area contributed by atoms with E-state index in [0.29, 0.717) is 6.04 Å². The smallest absolute Gasteiger partial charge is 0.0737 e. The fraction of sp³-hybridized carbons (Fsp3) is 0.500. The van der Waals surface area contributed by atoms with Crippen molar-refractivity contribution in [3.05, 3.63) is 35.5 Å². The van der Waals surface area contributed by atoms with Crippen molar-refractivity contribution < 1.29 is 0 Å². The number of hydrogen-bond donors (Lipinski definition) is 1. The molecule has 1 N–H and O–H groups in total. The fourth-order valence-electron chi connectivity index (χ4n) is 3.40. The Bertz CT molecular complexity index is 643. The van der Waals surface area contributed by atoms with Gasteiger partial charge in [-0.1, -0.05) is 18.5 Å². The van der Waals surface area contributed by atoms with Crippen LogP contribution in [0.25, 0.3) is 10.9 Å². The standard InChI is InChI=1S/C18H24ClN3/c1-13-4-3-9-22(11-13)12-14(2)21-17-7-8-20-18-10-15(19)5-6-16(17)18/h5-8,10,13-14H,3-4,9,11-12H2,1-2H3,(H,20,21)/t13?,14-/m0/s1. The van der Waals surface area contributed by atoms with Crippen molar-refractivity contribution >= 4 is 28.2 Å². The molecule has 1 aromatic heterocycles. The van der Waals surface area contributed by atoms with Crippen LogP contribution in [0.3, 0.4) is 0 Å². The lowest BCUT2D eigenvalue weighted by Crippen LogP contribution is -2.40. The van der Waals surface area contributed by atoms with Crippen molar-refractivity contribution in [1.82, 2.24) is 9.88 Å². The lowest BCUT2D eigenvalue weighted by atomic mass is 10.00. The third-order valence-electron chi connectivity index (χ3n) is 4.38. The Morgan fingerprint density at radius 2 is 2.27 bits per heavy atom. The van der Waals surface area contributed by atoms with Crippen LogP contribution >= 0.6 is 11.6 Å². The Morgan fingerprint density at radius 3 is 3.09 bits per heavy atom. The number of nitrogens with one attached hydrogen (secondary N) is 1. The van der Waals surface area contributed by atoms with Crippen LogP contribution in [0.4, 0.5) is 5.69 Å². The molecule has 1 aliphatic heterocycles. The molecule has 22 heavy (non-hydrogen) atoms. The third kappa shape index (κ3) is 3.71. The van der Waals surface area contributed by atoms with Crippen LogP contribution in [0, 0.1) is 5.92 Å². The number of pyridine rings is 1. The fourth-order valence-corrected chi connectivity index (χ4v) is 3.56. The van der Waals surface area contributed by atoms with E-state index in [4.69, 9.17) is 11.6 Å². The molecule has 2 aromatic rings. The van der Waals surface area contributed by atoms with Gasteiger partial charge in [-0.3, -0.25) is 4.98 Å². The minimum atomic E-state index is 0.409. The summed E-state index contributed by atoms with van der Waals surface area (Å²) in [7, 11) is 0. The van der Waals surface area contributed by atoms with Crippen LogP contribution in [-0.2, 0) is 0 Å². The van der Waals surface area contributed by atoms with Crippen LogP contribution in [0.1, 0.15) is 26.7 Å². The van der Waals surface area contributed by atoms with Crippen LogP contribution in [0.15, 0.2) is 30.5 Å². The Hall–Kier alpha value is -1.32. The zero-order valence-electron chi connectivity index (χ0n) is 13.3. The Morgan fingerprint density at radius 1 is 1.41 bits per heavy atom. The highest BCUT2D eigenvalue weighted by Crippen LogP contribution is 2.25. The quantitative estimate of drug-likeness (QED) is 0.904. The molecule has 118 valence electrons. The van der Waals surface area contributed by atoms with Crippen molar-refractivity contribution in [2.45, 2.75) is 32.7 Å². The van der Waals surface area contributed by atoms with Gasteiger partial charge in [-0.15, -0.1) is 0 Å². The van der Waals surface area contributed by atoms with E-state index in [1.807, 2.05) is 30.5 Å². The summed E-state index contributed by atoms with van der Waals surface area (Å²) in [5.74, 6) is 0.824. The van der Waals surface area contributed by atoms with Crippen molar-refractivity contribution in [3.63, 3.8) is 0 Å². The summed E-state index contributed by atoms with van der Waals surface area (Å²) < 4.78 is 0. The molecule has 4 heteroatoms. The van der Waals surface area contributed by atoms with E-state index >= 15 is 0 Å². The number of rotatable bonds is 4. The van der Waals surface area contributed by atoms with Gasteiger partial charge in [0.25, 0.3) is 0 Å². The first-order valence-electron chi connectivity index (χ1n) is 8.15. The molecule has 1 fully saturated rings. The minimum Gasteiger partial charge on any atom is -0.381 e. The van der Waals surface area contributed by atoms with E-state index in [1.165, 1.54) is 25.9 Å². The van der Waals surface area contributed by atoms with Crippen molar-refractivity contribution in [1.29, 1.82) is 0 Å². The lowest BCUT2D eigenvalue weighted by molar-refractivity contribution is 0.180. The second kappa shape index (κ2) is 6.84. The molecule has 1 unspecified atom stereocenters.